The summed E-state index contributed by atoms with van der Waals surface area (Å²) < 4.78 is 0. The zero-order chi connectivity index (χ0) is 13.0. The Kier molecular flexibility index (Phi) is 5.40. The average Bonchev–Trinajstić information content (AvgIpc) is 2.28. The molecular weight excluding hydrogens is 214 g/mol. The van der Waals surface area contributed by atoms with Crippen LogP contribution in [0.5, 0.6) is 0 Å². The van der Waals surface area contributed by atoms with Gasteiger partial charge in [-0.2, -0.15) is 0 Å². The molecule has 2 N–H and O–H groups in total. The van der Waals surface area contributed by atoms with E-state index in [-0.39, 0.29) is 11.9 Å². The van der Waals surface area contributed by atoms with Gasteiger partial charge in [-0.15, -0.1) is 0 Å². The molecule has 100 valence electrons. The number of hydrogen-bond donors (Lipinski definition) is 1. The molecule has 0 spiro atoms. The van der Waals surface area contributed by atoms with Crippen molar-refractivity contribution < 1.29 is 4.79 Å². The van der Waals surface area contributed by atoms with E-state index >= 15 is 0 Å². The van der Waals surface area contributed by atoms with Gasteiger partial charge in [0.15, 0.2) is 0 Å². The van der Waals surface area contributed by atoms with Crippen LogP contribution in [0.25, 0.3) is 0 Å². The molecule has 4 heteroatoms. The van der Waals surface area contributed by atoms with Gasteiger partial charge in [0.25, 0.3) is 0 Å². The van der Waals surface area contributed by atoms with Crippen molar-refractivity contribution in [2.45, 2.75) is 45.2 Å². The maximum Gasteiger partial charge on any atom is 0.224 e. The monoisotopic (exact) mass is 241 g/mol. The summed E-state index contributed by atoms with van der Waals surface area (Å²) >= 11 is 0. The summed E-state index contributed by atoms with van der Waals surface area (Å²) in [5.41, 5.74) is 5.95. The second-order valence-electron chi connectivity index (χ2n) is 5.65. The van der Waals surface area contributed by atoms with E-state index < -0.39 is 0 Å². The quantitative estimate of drug-likeness (QED) is 0.796. The molecule has 1 unspecified atom stereocenters. The fraction of sp³-hybridized carbons (Fsp3) is 0.923. The lowest BCUT2D eigenvalue weighted by Crippen LogP contribution is -2.46. The van der Waals surface area contributed by atoms with E-state index in [2.05, 4.69) is 25.8 Å². The number of carbonyl (C=O) groups excluding carboxylic acids is 1. The third-order valence-electron chi connectivity index (χ3n) is 3.90. The molecule has 0 aliphatic carbocycles. The summed E-state index contributed by atoms with van der Waals surface area (Å²) in [6.45, 7) is 6.29. The molecule has 1 atom stereocenters. The molecule has 0 aromatic heterocycles. The van der Waals surface area contributed by atoms with Crippen LogP contribution >= 0.6 is 0 Å². The van der Waals surface area contributed by atoms with Gasteiger partial charge in [-0.3, -0.25) is 4.79 Å². The van der Waals surface area contributed by atoms with Gasteiger partial charge in [0, 0.05) is 25.6 Å². The molecule has 17 heavy (non-hydrogen) atoms. The van der Waals surface area contributed by atoms with Crippen molar-refractivity contribution in [2.24, 2.45) is 11.7 Å². The van der Waals surface area contributed by atoms with Crippen molar-refractivity contribution in [3.63, 3.8) is 0 Å². The third-order valence-corrected chi connectivity index (χ3v) is 3.90. The molecule has 1 aliphatic rings. The van der Waals surface area contributed by atoms with Gasteiger partial charge in [0.2, 0.25) is 5.91 Å². The molecule has 1 fully saturated rings. The first kappa shape index (κ1) is 14.5. The van der Waals surface area contributed by atoms with E-state index in [1.165, 1.54) is 0 Å². The highest BCUT2D eigenvalue weighted by molar-refractivity contribution is 5.76. The minimum absolute atomic E-state index is 0.0174. The summed E-state index contributed by atoms with van der Waals surface area (Å²) in [6.07, 6.45) is 2.63. The number of carbonyl (C=O) groups is 1. The van der Waals surface area contributed by atoms with Gasteiger partial charge in [-0.05, 0) is 38.9 Å². The third kappa shape index (κ3) is 4.28. The number of likely N-dealkylation sites (tertiary alicyclic amines) is 1. The number of nitrogens with two attached hydrogens (primary N) is 1. The van der Waals surface area contributed by atoms with Crippen LogP contribution in [0.4, 0.5) is 0 Å². The molecule has 0 saturated carbocycles. The lowest BCUT2D eigenvalue weighted by atomic mass is 9.99. The van der Waals surface area contributed by atoms with Crippen molar-refractivity contribution in [3.05, 3.63) is 0 Å². The van der Waals surface area contributed by atoms with Crippen LogP contribution in [0, 0.1) is 5.92 Å². The fourth-order valence-electron chi connectivity index (χ4n) is 2.17. The molecular formula is C13H27N3O. The highest BCUT2D eigenvalue weighted by Crippen LogP contribution is 2.16. The van der Waals surface area contributed by atoms with Crippen molar-refractivity contribution in [1.29, 1.82) is 0 Å². The first-order chi connectivity index (χ1) is 7.91. The van der Waals surface area contributed by atoms with Gasteiger partial charge in [-0.25, -0.2) is 0 Å². The molecule has 0 aromatic rings. The zero-order valence-electron chi connectivity index (χ0n) is 11.6. The number of rotatable bonds is 4. The molecule has 0 bridgehead atoms. The second-order valence-corrected chi connectivity index (χ2v) is 5.65. The van der Waals surface area contributed by atoms with Crippen molar-refractivity contribution in [3.8, 4) is 0 Å². The topological polar surface area (TPSA) is 49.6 Å². The number of amides is 1. The number of piperidine rings is 1. The molecule has 0 aromatic carbocycles. The standard InChI is InChI=1S/C13H27N3O/c1-10(2)12(14)9-13(17)16(4)11-5-7-15(3)8-6-11/h10-12H,5-9,14H2,1-4H3. The molecule has 1 aliphatic heterocycles. The van der Waals surface area contributed by atoms with E-state index in [9.17, 15) is 4.79 Å². The predicted molar refractivity (Wildman–Crippen MR) is 70.7 cm³/mol. The van der Waals surface area contributed by atoms with Crippen LogP contribution in [-0.2, 0) is 4.79 Å². The summed E-state index contributed by atoms with van der Waals surface area (Å²) in [5.74, 6) is 0.561. The Morgan fingerprint density at radius 1 is 1.41 bits per heavy atom. The van der Waals surface area contributed by atoms with Gasteiger partial charge in [-0.1, -0.05) is 13.8 Å². The minimum atomic E-state index is -0.0174. The van der Waals surface area contributed by atoms with Gasteiger partial charge in [0.1, 0.15) is 0 Å². The maximum atomic E-state index is 12.1. The Bertz CT molecular complexity index is 247. The molecule has 1 amide bonds. The Labute approximate surface area is 105 Å². The van der Waals surface area contributed by atoms with Gasteiger partial charge >= 0.3 is 0 Å². The summed E-state index contributed by atoms with van der Waals surface area (Å²) in [4.78, 5) is 16.3. The van der Waals surface area contributed by atoms with Crippen LogP contribution < -0.4 is 5.73 Å². The second kappa shape index (κ2) is 6.36. The minimum Gasteiger partial charge on any atom is -0.343 e. The highest BCUT2D eigenvalue weighted by atomic mass is 16.2. The SMILES string of the molecule is CC(C)C(N)CC(=O)N(C)C1CCN(C)CC1. The van der Waals surface area contributed by atoms with Crippen LogP contribution in [0.1, 0.15) is 33.1 Å². The molecule has 4 nitrogen and oxygen atoms in total. The van der Waals surface area contributed by atoms with Crippen molar-refractivity contribution in [1.82, 2.24) is 9.80 Å². The number of hydrogen-bond acceptors (Lipinski definition) is 3. The van der Waals surface area contributed by atoms with E-state index in [4.69, 9.17) is 5.73 Å². The Balaban J connectivity index is 2.41. The fourth-order valence-corrected chi connectivity index (χ4v) is 2.17. The van der Waals surface area contributed by atoms with Crippen LogP contribution in [-0.4, -0.2) is 55.0 Å². The smallest absolute Gasteiger partial charge is 0.224 e. The zero-order valence-corrected chi connectivity index (χ0v) is 11.6. The molecule has 1 saturated heterocycles. The van der Waals surface area contributed by atoms with Crippen molar-refractivity contribution in [2.75, 3.05) is 27.2 Å². The molecule has 1 heterocycles. The first-order valence-corrected chi connectivity index (χ1v) is 6.61. The van der Waals surface area contributed by atoms with Gasteiger partial charge < -0.3 is 15.5 Å². The Morgan fingerprint density at radius 3 is 2.41 bits per heavy atom. The normalized spacial score (nSPS) is 20.6. The largest absolute Gasteiger partial charge is 0.343 e. The van der Waals surface area contributed by atoms with Crippen LogP contribution in [0.15, 0.2) is 0 Å². The van der Waals surface area contributed by atoms with Crippen LogP contribution in [0.2, 0.25) is 0 Å². The molecule has 0 radical (unpaired) electrons. The number of nitrogens with zero attached hydrogens (tertiary/aromatic N) is 2. The van der Waals surface area contributed by atoms with Crippen molar-refractivity contribution >= 4 is 5.91 Å². The lowest BCUT2D eigenvalue weighted by molar-refractivity contribution is -0.133. The van der Waals surface area contributed by atoms with E-state index in [0.29, 0.717) is 18.4 Å². The van der Waals surface area contributed by atoms with Crippen LogP contribution in [0.3, 0.4) is 0 Å². The predicted octanol–water partition coefficient (Wildman–Crippen LogP) is 0.912. The van der Waals surface area contributed by atoms with E-state index in [0.717, 1.165) is 25.9 Å². The van der Waals surface area contributed by atoms with E-state index in [1.54, 1.807) is 0 Å². The summed E-state index contributed by atoms with van der Waals surface area (Å²) in [7, 11) is 4.05. The molecule has 1 rings (SSSR count). The Morgan fingerprint density at radius 2 is 1.94 bits per heavy atom. The average molecular weight is 241 g/mol. The summed E-state index contributed by atoms with van der Waals surface area (Å²) in [6, 6.07) is 0.384. The first-order valence-electron chi connectivity index (χ1n) is 6.61. The van der Waals surface area contributed by atoms with E-state index in [1.807, 2.05) is 11.9 Å². The Hall–Kier alpha value is -0.610. The highest BCUT2D eigenvalue weighted by Gasteiger charge is 2.25. The van der Waals surface area contributed by atoms with Gasteiger partial charge in [0.05, 0.1) is 0 Å². The summed E-state index contributed by atoms with van der Waals surface area (Å²) in [5, 5.41) is 0. The lowest BCUT2D eigenvalue weighted by Gasteiger charge is -2.35. The maximum absolute atomic E-state index is 12.1.